The minimum absolute atomic E-state index is 0.0582. The van der Waals surface area contributed by atoms with E-state index in [1.165, 1.54) is 6.07 Å². The minimum Gasteiger partial charge on any atom is -0.397 e. The Hall–Kier alpha value is -0.810. The number of benzene rings is 1. The van der Waals surface area contributed by atoms with Crippen LogP contribution >= 0.6 is 15.9 Å². The van der Waals surface area contributed by atoms with Crippen molar-refractivity contribution in [3.05, 3.63) is 22.4 Å². The molecule has 0 spiro atoms. The number of nitrogens with zero attached hydrogens (tertiary/aromatic N) is 1. The van der Waals surface area contributed by atoms with Gasteiger partial charge in [0.05, 0.1) is 28.5 Å². The number of hydrogen-bond donors (Lipinski definition) is 2. The molecule has 0 aliphatic carbocycles. The lowest BCUT2D eigenvalue weighted by atomic mass is 10.2. The topological polar surface area (TPSA) is 49.5 Å². The van der Waals surface area contributed by atoms with Gasteiger partial charge in [0.25, 0.3) is 0 Å². The molecule has 88 valence electrons. The first kappa shape index (κ1) is 11.7. The SMILES string of the molecule is Nc1cc(Br)c(F)cc1N1CCCC1CO. The molecule has 1 unspecified atom stereocenters. The van der Waals surface area contributed by atoms with Gasteiger partial charge >= 0.3 is 0 Å². The van der Waals surface area contributed by atoms with Crippen molar-refractivity contribution in [2.75, 3.05) is 23.8 Å². The zero-order chi connectivity index (χ0) is 11.7. The third-order valence-electron chi connectivity index (χ3n) is 2.97. The number of halogens is 2. The van der Waals surface area contributed by atoms with Crippen molar-refractivity contribution in [3.8, 4) is 0 Å². The Morgan fingerprint density at radius 2 is 2.31 bits per heavy atom. The molecule has 1 fully saturated rings. The summed E-state index contributed by atoms with van der Waals surface area (Å²) in [6.45, 7) is 0.896. The zero-order valence-electron chi connectivity index (χ0n) is 8.79. The normalized spacial score (nSPS) is 20.4. The quantitative estimate of drug-likeness (QED) is 0.820. The lowest BCUT2D eigenvalue weighted by molar-refractivity contribution is 0.266. The third-order valence-corrected chi connectivity index (χ3v) is 3.57. The van der Waals surface area contributed by atoms with Crippen LogP contribution in [0.2, 0.25) is 0 Å². The highest BCUT2D eigenvalue weighted by Gasteiger charge is 2.26. The molecule has 2 rings (SSSR count). The summed E-state index contributed by atoms with van der Waals surface area (Å²) in [4.78, 5) is 1.98. The Morgan fingerprint density at radius 1 is 1.56 bits per heavy atom. The van der Waals surface area contributed by atoms with Crippen molar-refractivity contribution in [3.63, 3.8) is 0 Å². The van der Waals surface area contributed by atoms with Gasteiger partial charge in [0.15, 0.2) is 0 Å². The second kappa shape index (κ2) is 4.59. The number of aliphatic hydroxyl groups excluding tert-OH is 1. The molecule has 16 heavy (non-hydrogen) atoms. The summed E-state index contributed by atoms with van der Waals surface area (Å²) < 4.78 is 13.8. The number of hydrogen-bond acceptors (Lipinski definition) is 3. The molecule has 1 aromatic carbocycles. The van der Waals surface area contributed by atoms with Gasteiger partial charge < -0.3 is 15.7 Å². The second-order valence-corrected chi connectivity index (χ2v) is 4.85. The summed E-state index contributed by atoms with van der Waals surface area (Å²) >= 11 is 3.10. The molecule has 1 aromatic rings. The second-order valence-electron chi connectivity index (χ2n) is 4.00. The van der Waals surface area contributed by atoms with E-state index in [1.807, 2.05) is 4.90 Å². The highest BCUT2D eigenvalue weighted by atomic mass is 79.9. The van der Waals surface area contributed by atoms with Crippen LogP contribution in [0.3, 0.4) is 0 Å². The van der Waals surface area contributed by atoms with E-state index in [4.69, 9.17) is 5.73 Å². The summed E-state index contributed by atoms with van der Waals surface area (Å²) in [7, 11) is 0. The average molecular weight is 289 g/mol. The van der Waals surface area contributed by atoms with Crippen LogP contribution in [0.1, 0.15) is 12.8 Å². The van der Waals surface area contributed by atoms with Crippen LogP contribution in [-0.4, -0.2) is 24.3 Å². The molecule has 3 N–H and O–H groups in total. The number of nitrogen functional groups attached to an aromatic ring is 1. The lowest BCUT2D eigenvalue weighted by Crippen LogP contribution is -2.32. The van der Waals surface area contributed by atoms with Gasteiger partial charge in [0.1, 0.15) is 5.82 Å². The van der Waals surface area contributed by atoms with E-state index in [9.17, 15) is 9.50 Å². The third kappa shape index (κ3) is 2.01. The van der Waals surface area contributed by atoms with Crippen LogP contribution in [0, 0.1) is 5.82 Å². The van der Waals surface area contributed by atoms with E-state index < -0.39 is 0 Å². The molecule has 0 radical (unpaired) electrons. The van der Waals surface area contributed by atoms with E-state index in [0.29, 0.717) is 15.8 Å². The summed E-state index contributed by atoms with van der Waals surface area (Å²) in [5.74, 6) is -0.326. The number of anilines is 2. The Kier molecular flexibility index (Phi) is 3.35. The molecule has 1 saturated heterocycles. The average Bonchev–Trinajstić information content (AvgIpc) is 2.71. The maximum absolute atomic E-state index is 13.5. The summed E-state index contributed by atoms with van der Waals surface area (Å²) in [6.07, 6.45) is 1.93. The van der Waals surface area contributed by atoms with Gasteiger partial charge in [-0.05, 0) is 34.8 Å². The minimum atomic E-state index is -0.326. The number of rotatable bonds is 2. The van der Waals surface area contributed by atoms with Crippen LogP contribution in [0.25, 0.3) is 0 Å². The molecular formula is C11H14BrFN2O. The van der Waals surface area contributed by atoms with Crippen molar-refractivity contribution < 1.29 is 9.50 Å². The van der Waals surface area contributed by atoms with Crippen molar-refractivity contribution in [1.29, 1.82) is 0 Å². The van der Waals surface area contributed by atoms with Gasteiger partial charge in [0, 0.05) is 12.6 Å². The molecule has 0 aromatic heterocycles. The fourth-order valence-electron chi connectivity index (χ4n) is 2.14. The van der Waals surface area contributed by atoms with Crippen LogP contribution in [-0.2, 0) is 0 Å². The summed E-state index contributed by atoms with van der Waals surface area (Å²) in [5.41, 5.74) is 7.08. The monoisotopic (exact) mass is 288 g/mol. The Bertz CT molecular complexity index is 400. The fraction of sp³-hybridized carbons (Fsp3) is 0.455. The smallest absolute Gasteiger partial charge is 0.139 e. The predicted molar refractivity (Wildman–Crippen MR) is 66.0 cm³/mol. The van der Waals surface area contributed by atoms with Gasteiger partial charge in [-0.25, -0.2) is 4.39 Å². The highest BCUT2D eigenvalue weighted by Crippen LogP contribution is 2.33. The molecule has 1 heterocycles. The zero-order valence-corrected chi connectivity index (χ0v) is 10.4. The molecular weight excluding hydrogens is 275 g/mol. The largest absolute Gasteiger partial charge is 0.397 e. The van der Waals surface area contributed by atoms with Gasteiger partial charge in [-0.3, -0.25) is 0 Å². The fourth-order valence-corrected chi connectivity index (χ4v) is 2.50. The van der Waals surface area contributed by atoms with E-state index in [1.54, 1.807) is 6.07 Å². The molecule has 0 amide bonds. The standard InChI is InChI=1S/C11H14BrFN2O/c12-8-4-10(14)11(5-9(8)13)15-3-1-2-7(15)6-16/h4-5,7,16H,1-3,6,14H2. The maximum Gasteiger partial charge on any atom is 0.139 e. The van der Waals surface area contributed by atoms with Crippen molar-refractivity contribution in [2.45, 2.75) is 18.9 Å². The van der Waals surface area contributed by atoms with Gasteiger partial charge in [-0.1, -0.05) is 0 Å². The molecule has 3 nitrogen and oxygen atoms in total. The van der Waals surface area contributed by atoms with Crippen LogP contribution in [0.4, 0.5) is 15.8 Å². The van der Waals surface area contributed by atoms with Gasteiger partial charge in [-0.15, -0.1) is 0 Å². The van der Waals surface area contributed by atoms with E-state index in [-0.39, 0.29) is 18.5 Å². The molecule has 5 heteroatoms. The molecule has 0 saturated carbocycles. The van der Waals surface area contributed by atoms with Crippen molar-refractivity contribution in [1.82, 2.24) is 0 Å². The van der Waals surface area contributed by atoms with Crippen molar-refractivity contribution in [2.24, 2.45) is 0 Å². The number of aliphatic hydroxyl groups is 1. The van der Waals surface area contributed by atoms with Gasteiger partial charge in [-0.2, -0.15) is 0 Å². The first-order valence-electron chi connectivity index (χ1n) is 5.25. The first-order valence-corrected chi connectivity index (χ1v) is 6.05. The molecule has 1 aliphatic rings. The predicted octanol–water partition coefficient (Wildman–Crippen LogP) is 2.13. The molecule has 1 aliphatic heterocycles. The van der Waals surface area contributed by atoms with Crippen LogP contribution in [0.5, 0.6) is 0 Å². The summed E-state index contributed by atoms with van der Waals surface area (Å²) in [6, 6.07) is 3.05. The van der Waals surface area contributed by atoms with E-state index >= 15 is 0 Å². The highest BCUT2D eigenvalue weighted by molar-refractivity contribution is 9.10. The van der Waals surface area contributed by atoms with E-state index in [0.717, 1.165) is 19.4 Å². The molecule has 1 atom stereocenters. The Labute approximate surface area is 102 Å². The van der Waals surface area contributed by atoms with Crippen LogP contribution < -0.4 is 10.6 Å². The van der Waals surface area contributed by atoms with Crippen molar-refractivity contribution >= 4 is 27.3 Å². The maximum atomic E-state index is 13.5. The first-order chi connectivity index (χ1) is 7.63. The Morgan fingerprint density at radius 3 is 3.00 bits per heavy atom. The lowest BCUT2D eigenvalue weighted by Gasteiger charge is -2.26. The Balaban J connectivity index is 2.36. The summed E-state index contributed by atoms with van der Waals surface area (Å²) in [5, 5.41) is 9.23. The van der Waals surface area contributed by atoms with Crippen LogP contribution in [0.15, 0.2) is 16.6 Å². The van der Waals surface area contributed by atoms with E-state index in [2.05, 4.69) is 15.9 Å². The van der Waals surface area contributed by atoms with Gasteiger partial charge in [0.2, 0.25) is 0 Å². The molecule has 0 bridgehead atoms. The number of nitrogens with two attached hydrogens (primary N) is 1.